The third kappa shape index (κ3) is 5.35. The summed E-state index contributed by atoms with van der Waals surface area (Å²) >= 11 is 0. The Morgan fingerprint density at radius 1 is 0.800 bits per heavy atom. The maximum absolute atomic E-state index is 12.4. The molecule has 0 radical (unpaired) electrons. The Labute approximate surface area is 145 Å². The van der Waals surface area contributed by atoms with Crippen LogP contribution < -0.4 is 22.1 Å². The zero-order valence-corrected chi connectivity index (χ0v) is 13.5. The summed E-state index contributed by atoms with van der Waals surface area (Å²) in [5.74, 6) is -1.10. The molecule has 4 amide bonds. The lowest BCUT2D eigenvalue weighted by atomic mass is 10.0. The van der Waals surface area contributed by atoms with Crippen molar-refractivity contribution >= 4 is 17.8 Å². The highest BCUT2D eigenvalue weighted by atomic mass is 16.2. The van der Waals surface area contributed by atoms with Crippen molar-refractivity contribution in [2.45, 2.75) is 18.5 Å². The summed E-state index contributed by atoms with van der Waals surface area (Å²) in [6.45, 7) is 0. The number of benzene rings is 2. The molecule has 0 aliphatic rings. The van der Waals surface area contributed by atoms with Gasteiger partial charge in [0, 0.05) is 0 Å². The molecule has 2 atom stereocenters. The fourth-order valence-corrected chi connectivity index (χ4v) is 2.48. The topological polar surface area (TPSA) is 127 Å². The molecule has 0 bridgehead atoms. The average Bonchev–Trinajstić information content (AvgIpc) is 2.60. The van der Waals surface area contributed by atoms with E-state index >= 15 is 0 Å². The number of hydrogen-bond donors (Lipinski definition) is 4. The molecule has 0 spiro atoms. The maximum Gasteiger partial charge on any atom is 0.312 e. The van der Waals surface area contributed by atoms with Crippen molar-refractivity contribution in [3.63, 3.8) is 0 Å². The van der Waals surface area contributed by atoms with Crippen LogP contribution in [-0.2, 0) is 9.59 Å². The molecule has 0 aliphatic heterocycles. The van der Waals surface area contributed by atoms with E-state index in [2.05, 4.69) is 10.6 Å². The summed E-state index contributed by atoms with van der Waals surface area (Å²) in [6.07, 6.45) is -0.0798. The van der Waals surface area contributed by atoms with Gasteiger partial charge in [0.05, 0.1) is 12.5 Å². The quantitative estimate of drug-likeness (QED) is 0.603. The van der Waals surface area contributed by atoms with Gasteiger partial charge in [-0.05, 0) is 11.1 Å². The molecular weight excluding hydrogens is 320 g/mol. The molecule has 6 N–H and O–H groups in total. The molecule has 7 nitrogen and oxygen atoms in total. The zero-order valence-electron chi connectivity index (χ0n) is 13.5. The number of amides is 4. The van der Waals surface area contributed by atoms with Gasteiger partial charge in [-0.2, -0.15) is 0 Å². The van der Waals surface area contributed by atoms with Crippen molar-refractivity contribution in [3.05, 3.63) is 71.8 Å². The van der Waals surface area contributed by atoms with Crippen LogP contribution in [0.3, 0.4) is 0 Å². The number of primary amides is 2. The molecule has 2 aromatic carbocycles. The SMILES string of the molecule is NC(=O)N[C@@H](CC(=O)N[C@@H](C(N)=O)c1ccccc1)c1ccccc1. The van der Waals surface area contributed by atoms with Crippen LogP contribution in [0.1, 0.15) is 29.6 Å². The Morgan fingerprint density at radius 3 is 1.80 bits per heavy atom. The first-order valence-corrected chi connectivity index (χ1v) is 7.72. The van der Waals surface area contributed by atoms with Crippen LogP contribution >= 0.6 is 0 Å². The monoisotopic (exact) mass is 340 g/mol. The number of carbonyl (C=O) groups excluding carboxylic acids is 3. The van der Waals surface area contributed by atoms with Crippen LogP contribution in [-0.4, -0.2) is 17.8 Å². The first-order valence-electron chi connectivity index (χ1n) is 7.72. The molecule has 0 saturated heterocycles. The highest BCUT2D eigenvalue weighted by molar-refractivity contribution is 5.88. The predicted molar refractivity (Wildman–Crippen MR) is 93.0 cm³/mol. The number of urea groups is 1. The molecule has 0 heterocycles. The second-order valence-electron chi connectivity index (χ2n) is 5.49. The molecule has 2 aromatic rings. The van der Waals surface area contributed by atoms with Gasteiger partial charge >= 0.3 is 6.03 Å². The molecule has 0 saturated carbocycles. The molecule has 25 heavy (non-hydrogen) atoms. The minimum atomic E-state index is -0.946. The number of carbonyl (C=O) groups is 3. The molecule has 0 aromatic heterocycles. The van der Waals surface area contributed by atoms with Crippen LogP contribution in [0, 0.1) is 0 Å². The van der Waals surface area contributed by atoms with Gasteiger partial charge in [0.2, 0.25) is 11.8 Å². The van der Waals surface area contributed by atoms with Crippen molar-refractivity contribution in [3.8, 4) is 0 Å². The molecule has 0 unspecified atom stereocenters. The first-order chi connectivity index (χ1) is 12.0. The number of rotatable bonds is 7. The van der Waals surface area contributed by atoms with Gasteiger partial charge < -0.3 is 22.1 Å². The van der Waals surface area contributed by atoms with E-state index in [4.69, 9.17) is 11.5 Å². The highest BCUT2D eigenvalue weighted by Crippen LogP contribution is 2.18. The highest BCUT2D eigenvalue weighted by Gasteiger charge is 2.23. The second-order valence-corrected chi connectivity index (χ2v) is 5.49. The van der Waals surface area contributed by atoms with E-state index in [1.165, 1.54) is 0 Å². The van der Waals surface area contributed by atoms with Crippen molar-refractivity contribution < 1.29 is 14.4 Å². The third-order valence-electron chi connectivity index (χ3n) is 3.63. The van der Waals surface area contributed by atoms with E-state index in [1.807, 2.05) is 6.07 Å². The van der Waals surface area contributed by atoms with Gasteiger partial charge in [0.1, 0.15) is 6.04 Å². The van der Waals surface area contributed by atoms with Crippen molar-refractivity contribution in [1.29, 1.82) is 0 Å². The van der Waals surface area contributed by atoms with E-state index in [0.29, 0.717) is 5.56 Å². The number of nitrogens with one attached hydrogen (secondary N) is 2. The van der Waals surface area contributed by atoms with Crippen LogP contribution in [0.5, 0.6) is 0 Å². The Morgan fingerprint density at radius 2 is 1.32 bits per heavy atom. The molecule has 7 heteroatoms. The normalized spacial score (nSPS) is 12.6. The van der Waals surface area contributed by atoms with Crippen LogP contribution in [0.2, 0.25) is 0 Å². The lowest BCUT2D eigenvalue weighted by Crippen LogP contribution is -2.40. The Bertz CT molecular complexity index is 735. The molecule has 0 aliphatic carbocycles. The zero-order chi connectivity index (χ0) is 18.2. The molecule has 2 rings (SSSR count). The summed E-state index contributed by atoms with van der Waals surface area (Å²) in [5, 5.41) is 5.13. The van der Waals surface area contributed by atoms with Crippen LogP contribution in [0.15, 0.2) is 60.7 Å². The second kappa shape index (κ2) is 8.49. The smallest absolute Gasteiger partial charge is 0.312 e. The standard InChI is InChI=1S/C18H20N4O3/c19-17(24)16(13-9-5-2-6-10-13)22-15(23)11-14(21-18(20)25)12-7-3-1-4-8-12/h1-10,14,16H,11H2,(H2,19,24)(H,22,23)(H3,20,21,25)/t14-,16+/m0/s1. The van der Waals surface area contributed by atoms with E-state index < -0.39 is 29.9 Å². The van der Waals surface area contributed by atoms with E-state index in [9.17, 15) is 14.4 Å². The molecular formula is C18H20N4O3. The Hall–Kier alpha value is -3.35. The van der Waals surface area contributed by atoms with E-state index in [-0.39, 0.29) is 6.42 Å². The van der Waals surface area contributed by atoms with Crippen molar-refractivity contribution in [2.75, 3.05) is 0 Å². The van der Waals surface area contributed by atoms with Crippen molar-refractivity contribution in [2.24, 2.45) is 11.5 Å². The van der Waals surface area contributed by atoms with Gasteiger partial charge in [-0.25, -0.2) is 4.79 Å². The minimum Gasteiger partial charge on any atom is -0.368 e. The summed E-state index contributed by atoms with van der Waals surface area (Å²) in [6, 6.07) is 15.4. The van der Waals surface area contributed by atoms with E-state index in [0.717, 1.165) is 5.56 Å². The fourth-order valence-electron chi connectivity index (χ4n) is 2.48. The van der Waals surface area contributed by atoms with Gasteiger partial charge in [0.25, 0.3) is 0 Å². The lowest BCUT2D eigenvalue weighted by molar-refractivity contribution is -0.127. The summed E-state index contributed by atoms with van der Waals surface area (Å²) in [7, 11) is 0. The summed E-state index contributed by atoms with van der Waals surface area (Å²) in [4.78, 5) is 35.3. The molecule has 0 fully saturated rings. The van der Waals surface area contributed by atoms with Crippen molar-refractivity contribution in [1.82, 2.24) is 10.6 Å². The van der Waals surface area contributed by atoms with Gasteiger partial charge in [-0.3, -0.25) is 9.59 Å². The van der Waals surface area contributed by atoms with Gasteiger partial charge in [-0.1, -0.05) is 60.7 Å². The Kier molecular flexibility index (Phi) is 6.11. The predicted octanol–water partition coefficient (Wildman–Crippen LogP) is 1.13. The first kappa shape index (κ1) is 18.0. The Balaban J connectivity index is 2.12. The summed E-state index contributed by atoms with van der Waals surface area (Å²) in [5.41, 5.74) is 11.9. The largest absolute Gasteiger partial charge is 0.368 e. The molecule has 130 valence electrons. The van der Waals surface area contributed by atoms with Gasteiger partial charge in [0.15, 0.2) is 0 Å². The third-order valence-corrected chi connectivity index (χ3v) is 3.63. The summed E-state index contributed by atoms with van der Waals surface area (Å²) < 4.78 is 0. The average molecular weight is 340 g/mol. The lowest BCUT2D eigenvalue weighted by Gasteiger charge is -2.20. The number of nitrogens with two attached hydrogens (primary N) is 2. The number of hydrogen-bond acceptors (Lipinski definition) is 3. The minimum absolute atomic E-state index is 0.0798. The van der Waals surface area contributed by atoms with Crippen LogP contribution in [0.25, 0.3) is 0 Å². The maximum atomic E-state index is 12.4. The fraction of sp³-hybridized carbons (Fsp3) is 0.167. The van der Waals surface area contributed by atoms with E-state index in [1.54, 1.807) is 54.6 Å². The van der Waals surface area contributed by atoms with Gasteiger partial charge in [-0.15, -0.1) is 0 Å². The van der Waals surface area contributed by atoms with Crippen LogP contribution in [0.4, 0.5) is 4.79 Å².